The van der Waals surface area contributed by atoms with E-state index in [-0.39, 0.29) is 18.4 Å². The zero-order valence-electron chi connectivity index (χ0n) is 11.2. The van der Waals surface area contributed by atoms with Crippen molar-refractivity contribution in [3.05, 3.63) is 21.9 Å². The summed E-state index contributed by atoms with van der Waals surface area (Å²) in [4.78, 5) is 39.4. The lowest BCUT2D eigenvalue weighted by molar-refractivity contribution is -0.152. The van der Waals surface area contributed by atoms with Gasteiger partial charge in [-0.25, -0.2) is 4.79 Å². The largest absolute Gasteiger partial charge is 0.479 e. The molecule has 21 heavy (non-hydrogen) atoms. The fourth-order valence-corrected chi connectivity index (χ4v) is 4.45. The normalized spacial score (nSPS) is 21.5. The molecule has 112 valence electrons. The number of nitrogens with zero attached hydrogens (tertiary/aromatic N) is 2. The topological polar surface area (TPSA) is 77.9 Å². The van der Waals surface area contributed by atoms with Crippen LogP contribution in [0.5, 0.6) is 0 Å². The van der Waals surface area contributed by atoms with Crippen LogP contribution in [0.1, 0.15) is 16.5 Å². The Kier molecular flexibility index (Phi) is 3.90. The summed E-state index contributed by atoms with van der Waals surface area (Å²) in [6, 6.07) is 0.840. The van der Waals surface area contributed by atoms with Crippen molar-refractivity contribution in [3.8, 4) is 0 Å². The van der Waals surface area contributed by atoms with Crippen LogP contribution in [-0.2, 0) is 20.8 Å². The summed E-state index contributed by atoms with van der Waals surface area (Å²) in [7, 11) is 0. The van der Waals surface area contributed by atoms with E-state index in [2.05, 4.69) is 0 Å². The van der Waals surface area contributed by atoms with Gasteiger partial charge in [0.2, 0.25) is 11.8 Å². The molecule has 2 amide bonds. The molecule has 1 N–H and O–H groups in total. The number of rotatable bonds is 3. The summed E-state index contributed by atoms with van der Waals surface area (Å²) in [6.07, 6.45) is 0.672. The number of hydrogen-bond acceptors (Lipinski definition) is 5. The Balaban J connectivity index is 1.79. The lowest BCUT2D eigenvalue weighted by atomic mass is 10.00. The quantitative estimate of drug-likeness (QED) is 0.888. The second-order valence-corrected chi connectivity index (χ2v) is 6.90. The highest BCUT2D eigenvalue weighted by molar-refractivity contribution is 8.00. The van der Waals surface area contributed by atoms with Gasteiger partial charge in [0.1, 0.15) is 6.54 Å². The van der Waals surface area contributed by atoms with Crippen LogP contribution in [0.2, 0.25) is 0 Å². The Bertz CT molecular complexity index is 601. The van der Waals surface area contributed by atoms with Crippen LogP contribution in [-0.4, -0.2) is 57.4 Å². The molecule has 1 aromatic rings. The van der Waals surface area contributed by atoms with Gasteiger partial charge in [-0.1, -0.05) is 0 Å². The van der Waals surface area contributed by atoms with E-state index in [1.54, 1.807) is 6.07 Å². The molecule has 8 heteroatoms. The number of carboxylic acid groups (broad SMARTS) is 1. The first-order valence-corrected chi connectivity index (χ1v) is 8.55. The first kappa shape index (κ1) is 14.4. The smallest absolute Gasteiger partial charge is 0.331 e. The van der Waals surface area contributed by atoms with E-state index in [0.29, 0.717) is 30.2 Å². The average Bonchev–Trinajstić information content (AvgIpc) is 3.06. The number of thioether (sulfide) groups is 1. The fourth-order valence-electron chi connectivity index (χ4n) is 2.65. The predicted octanol–water partition coefficient (Wildman–Crippen LogP) is 0.791. The highest BCUT2D eigenvalue weighted by atomic mass is 32.2. The lowest BCUT2D eigenvalue weighted by Gasteiger charge is -2.34. The van der Waals surface area contributed by atoms with Gasteiger partial charge in [-0.15, -0.1) is 23.1 Å². The number of carbonyl (C=O) groups is 3. The van der Waals surface area contributed by atoms with Crippen molar-refractivity contribution >= 4 is 40.9 Å². The molecular formula is C13H14N2O4S2. The molecule has 1 saturated heterocycles. The maximum Gasteiger partial charge on any atom is 0.331 e. The number of carboxylic acids is 1. The van der Waals surface area contributed by atoms with Crippen LogP contribution in [0.4, 0.5) is 0 Å². The summed E-state index contributed by atoms with van der Waals surface area (Å²) in [5, 5.41) is 11.3. The fraction of sp³-hybridized carbons (Fsp3) is 0.462. The Morgan fingerprint density at radius 1 is 1.43 bits per heavy atom. The first-order valence-electron chi connectivity index (χ1n) is 6.52. The molecule has 1 unspecified atom stereocenters. The Morgan fingerprint density at radius 3 is 2.90 bits per heavy atom. The molecule has 1 aromatic heterocycles. The molecule has 2 aliphatic rings. The molecule has 1 fully saturated rings. The van der Waals surface area contributed by atoms with Crippen molar-refractivity contribution in [3.63, 3.8) is 0 Å². The van der Waals surface area contributed by atoms with Gasteiger partial charge in [0, 0.05) is 11.4 Å². The average molecular weight is 326 g/mol. The molecule has 3 heterocycles. The van der Waals surface area contributed by atoms with Crippen molar-refractivity contribution in [1.82, 2.24) is 9.80 Å². The molecule has 3 rings (SSSR count). The predicted molar refractivity (Wildman–Crippen MR) is 79.2 cm³/mol. The standard InChI is InChI=1S/C13H14N2O4S2/c16-10(5-14-7-20-6-11(14)17)15-3-1-9-8(2-4-21-9)12(15)13(18)19/h2,4,12H,1,3,5-7H2,(H,18,19). The third kappa shape index (κ3) is 2.65. The van der Waals surface area contributed by atoms with E-state index >= 15 is 0 Å². The molecule has 0 aromatic carbocycles. The molecular weight excluding hydrogens is 312 g/mol. The van der Waals surface area contributed by atoms with Crippen molar-refractivity contribution in [2.45, 2.75) is 12.5 Å². The molecule has 0 bridgehead atoms. The SMILES string of the molecule is O=C(O)C1c2ccsc2CCN1C(=O)CN1CSCC1=O. The summed E-state index contributed by atoms with van der Waals surface area (Å²) < 4.78 is 0. The van der Waals surface area contributed by atoms with Crippen molar-refractivity contribution < 1.29 is 19.5 Å². The molecule has 1 atom stereocenters. The van der Waals surface area contributed by atoms with Gasteiger partial charge < -0.3 is 14.9 Å². The maximum atomic E-state index is 12.4. The third-order valence-corrected chi connectivity index (χ3v) is 5.61. The molecule has 0 saturated carbocycles. The van der Waals surface area contributed by atoms with Gasteiger partial charge in [0.25, 0.3) is 0 Å². The lowest BCUT2D eigenvalue weighted by Crippen LogP contribution is -2.47. The summed E-state index contributed by atoms with van der Waals surface area (Å²) in [5.41, 5.74) is 0.703. The van der Waals surface area contributed by atoms with Crippen LogP contribution in [0, 0.1) is 0 Å². The Labute approximate surface area is 129 Å². The summed E-state index contributed by atoms with van der Waals surface area (Å²) in [6.45, 7) is 0.355. The highest BCUT2D eigenvalue weighted by Gasteiger charge is 2.37. The van der Waals surface area contributed by atoms with Crippen LogP contribution >= 0.6 is 23.1 Å². The van der Waals surface area contributed by atoms with Crippen molar-refractivity contribution in [2.24, 2.45) is 0 Å². The molecule has 0 spiro atoms. The molecule has 2 aliphatic heterocycles. The number of hydrogen-bond donors (Lipinski definition) is 1. The number of amides is 2. The molecule has 0 radical (unpaired) electrons. The first-order chi connectivity index (χ1) is 10.1. The van der Waals surface area contributed by atoms with Crippen molar-refractivity contribution in [1.29, 1.82) is 0 Å². The minimum atomic E-state index is -1.02. The summed E-state index contributed by atoms with van der Waals surface area (Å²) >= 11 is 2.99. The van der Waals surface area contributed by atoms with Gasteiger partial charge in [-0.05, 0) is 23.4 Å². The van der Waals surface area contributed by atoms with E-state index in [9.17, 15) is 19.5 Å². The van der Waals surface area contributed by atoms with E-state index < -0.39 is 12.0 Å². The van der Waals surface area contributed by atoms with Gasteiger partial charge in [-0.2, -0.15) is 0 Å². The second kappa shape index (κ2) is 5.69. The Hall–Kier alpha value is -1.54. The highest BCUT2D eigenvalue weighted by Crippen LogP contribution is 2.33. The molecule has 0 aliphatic carbocycles. The molecule has 6 nitrogen and oxygen atoms in total. The summed E-state index contributed by atoms with van der Waals surface area (Å²) in [5.74, 6) is -0.488. The minimum absolute atomic E-state index is 0.0327. The van der Waals surface area contributed by atoms with Gasteiger partial charge in [-0.3, -0.25) is 9.59 Å². The van der Waals surface area contributed by atoms with E-state index in [4.69, 9.17) is 0 Å². The van der Waals surface area contributed by atoms with E-state index in [1.165, 1.54) is 32.9 Å². The van der Waals surface area contributed by atoms with E-state index in [0.717, 1.165) is 4.88 Å². The van der Waals surface area contributed by atoms with Crippen LogP contribution in [0.3, 0.4) is 0 Å². The Morgan fingerprint density at radius 2 is 2.24 bits per heavy atom. The van der Waals surface area contributed by atoms with Crippen LogP contribution in [0.15, 0.2) is 11.4 Å². The van der Waals surface area contributed by atoms with Crippen molar-refractivity contribution in [2.75, 3.05) is 24.7 Å². The number of thiophene rings is 1. The maximum absolute atomic E-state index is 12.4. The zero-order valence-corrected chi connectivity index (χ0v) is 12.8. The van der Waals surface area contributed by atoms with Crippen LogP contribution < -0.4 is 0 Å². The monoisotopic (exact) mass is 326 g/mol. The van der Waals surface area contributed by atoms with E-state index in [1.807, 2.05) is 5.38 Å². The zero-order chi connectivity index (χ0) is 15.0. The van der Waals surface area contributed by atoms with Gasteiger partial charge >= 0.3 is 5.97 Å². The second-order valence-electron chi connectivity index (χ2n) is 4.95. The van der Waals surface area contributed by atoms with Gasteiger partial charge in [0.15, 0.2) is 6.04 Å². The third-order valence-electron chi connectivity index (χ3n) is 3.67. The number of carbonyl (C=O) groups excluding carboxylic acids is 2. The minimum Gasteiger partial charge on any atom is -0.479 e. The number of aliphatic carboxylic acids is 1. The van der Waals surface area contributed by atoms with Crippen LogP contribution in [0.25, 0.3) is 0 Å². The number of fused-ring (bicyclic) bond motifs is 1. The van der Waals surface area contributed by atoms with Gasteiger partial charge in [0.05, 0.1) is 11.6 Å².